The van der Waals surface area contributed by atoms with Gasteiger partial charge >= 0.3 is 0 Å². The van der Waals surface area contributed by atoms with Crippen LogP contribution in [0.25, 0.3) is 0 Å². The van der Waals surface area contributed by atoms with Gasteiger partial charge in [-0.2, -0.15) is 0 Å². The van der Waals surface area contributed by atoms with Crippen molar-refractivity contribution in [1.82, 2.24) is 0 Å². The van der Waals surface area contributed by atoms with Gasteiger partial charge in [-0.15, -0.1) is 0 Å². The van der Waals surface area contributed by atoms with Crippen molar-refractivity contribution in [2.75, 3.05) is 6.26 Å². The van der Waals surface area contributed by atoms with E-state index in [1.165, 1.54) is 6.08 Å². The molecule has 1 atom stereocenters. The number of ketones is 1. The molecule has 0 saturated heterocycles. The van der Waals surface area contributed by atoms with Crippen molar-refractivity contribution >= 4 is 15.6 Å². The van der Waals surface area contributed by atoms with E-state index in [4.69, 9.17) is 0 Å². The Balaban J connectivity index is 3.05. The van der Waals surface area contributed by atoms with Gasteiger partial charge in [0.25, 0.3) is 0 Å². The molecule has 1 rings (SSSR count). The molecule has 1 aliphatic rings. The van der Waals surface area contributed by atoms with Crippen molar-refractivity contribution in [2.24, 2.45) is 5.41 Å². The molecular weight excluding hydrogens is 188 g/mol. The van der Waals surface area contributed by atoms with Crippen LogP contribution in [0.5, 0.6) is 0 Å². The molecule has 0 radical (unpaired) electrons. The number of allylic oxidation sites excluding steroid dienone is 2. The second-order valence-electron chi connectivity index (χ2n) is 4.25. The summed E-state index contributed by atoms with van der Waals surface area (Å²) >= 11 is 0. The first-order chi connectivity index (χ1) is 5.72. The van der Waals surface area contributed by atoms with Crippen molar-refractivity contribution < 1.29 is 13.2 Å². The van der Waals surface area contributed by atoms with Gasteiger partial charge in [0.15, 0.2) is 15.6 Å². The molecule has 0 heterocycles. The Morgan fingerprint density at radius 1 is 1.46 bits per heavy atom. The fourth-order valence-corrected chi connectivity index (χ4v) is 2.66. The minimum Gasteiger partial charge on any atom is -0.293 e. The SMILES string of the molecule is CC1(C)C=CC(=O)C(S(C)(=O)=O)C1. The van der Waals surface area contributed by atoms with E-state index >= 15 is 0 Å². The number of carbonyl (C=O) groups excluding carboxylic acids is 1. The highest BCUT2D eigenvalue weighted by atomic mass is 32.2. The van der Waals surface area contributed by atoms with Gasteiger partial charge < -0.3 is 0 Å². The van der Waals surface area contributed by atoms with E-state index in [-0.39, 0.29) is 11.2 Å². The molecule has 74 valence electrons. The maximum absolute atomic E-state index is 11.3. The van der Waals surface area contributed by atoms with Crippen molar-refractivity contribution in [3.63, 3.8) is 0 Å². The average Bonchev–Trinajstić information content (AvgIpc) is 1.92. The number of rotatable bonds is 1. The second kappa shape index (κ2) is 2.94. The lowest BCUT2D eigenvalue weighted by Crippen LogP contribution is -2.36. The van der Waals surface area contributed by atoms with Crippen LogP contribution in [0.2, 0.25) is 0 Å². The normalized spacial score (nSPS) is 27.6. The molecule has 0 spiro atoms. The molecule has 1 unspecified atom stereocenters. The van der Waals surface area contributed by atoms with Crippen molar-refractivity contribution in [3.8, 4) is 0 Å². The van der Waals surface area contributed by atoms with Crippen LogP contribution in [0.15, 0.2) is 12.2 Å². The average molecular weight is 202 g/mol. The van der Waals surface area contributed by atoms with Gasteiger partial charge in [0.05, 0.1) is 0 Å². The van der Waals surface area contributed by atoms with E-state index in [0.717, 1.165) is 6.26 Å². The Labute approximate surface area is 78.8 Å². The molecule has 0 fully saturated rings. The molecular formula is C9H14O3S. The van der Waals surface area contributed by atoms with Crippen molar-refractivity contribution in [1.29, 1.82) is 0 Å². The Hall–Kier alpha value is -0.640. The molecule has 0 saturated carbocycles. The Kier molecular flexibility index (Phi) is 2.36. The lowest BCUT2D eigenvalue weighted by molar-refractivity contribution is -0.115. The summed E-state index contributed by atoms with van der Waals surface area (Å²) in [7, 11) is -3.25. The third-order valence-electron chi connectivity index (χ3n) is 2.24. The van der Waals surface area contributed by atoms with Crippen molar-refractivity contribution in [2.45, 2.75) is 25.5 Å². The minimum atomic E-state index is -3.25. The third kappa shape index (κ3) is 2.40. The first-order valence-electron chi connectivity index (χ1n) is 4.14. The van der Waals surface area contributed by atoms with E-state index in [0.29, 0.717) is 6.42 Å². The van der Waals surface area contributed by atoms with Gasteiger partial charge in [-0.3, -0.25) is 4.79 Å². The van der Waals surface area contributed by atoms with E-state index in [1.807, 2.05) is 13.8 Å². The first kappa shape index (κ1) is 10.4. The lowest BCUT2D eigenvalue weighted by atomic mass is 9.82. The summed E-state index contributed by atoms with van der Waals surface area (Å²) in [5.74, 6) is -0.290. The summed E-state index contributed by atoms with van der Waals surface area (Å²) in [6, 6.07) is 0. The summed E-state index contributed by atoms with van der Waals surface area (Å²) in [5.41, 5.74) is -0.193. The zero-order valence-corrected chi connectivity index (χ0v) is 8.89. The van der Waals surface area contributed by atoms with E-state index in [1.54, 1.807) is 6.08 Å². The van der Waals surface area contributed by atoms with Gasteiger partial charge in [0.2, 0.25) is 0 Å². The fraction of sp³-hybridized carbons (Fsp3) is 0.667. The highest BCUT2D eigenvalue weighted by molar-refractivity contribution is 7.92. The predicted molar refractivity (Wildman–Crippen MR) is 51.2 cm³/mol. The number of carbonyl (C=O) groups is 1. The molecule has 0 N–H and O–H groups in total. The van der Waals surface area contributed by atoms with Crippen LogP contribution in [0.3, 0.4) is 0 Å². The molecule has 0 bridgehead atoms. The zero-order chi connectivity index (χ0) is 10.3. The third-order valence-corrected chi connectivity index (χ3v) is 3.68. The Bertz CT molecular complexity index is 349. The standard InChI is InChI=1S/C9H14O3S/c1-9(2)5-4-7(10)8(6-9)13(3,11)12/h4-5,8H,6H2,1-3H3. The van der Waals surface area contributed by atoms with Gasteiger partial charge in [-0.1, -0.05) is 19.9 Å². The summed E-state index contributed by atoms with van der Waals surface area (Å²) in [4.78, 5) is 11.3. The Morgan fingerprint density at radius 2 is 2.00 bits per heavy atom. The molecule has 1 aliphatic carbocycles. The van der Waals surface area contributed by atoms with Crippen LogP contribution in [0.4, 0.5) is 0 Å². The van der Waals surface area contributed by atoms with Crippen LogP contribution in [0.1, 0.15) is 20.3 Å². The van der Waals surface area contributed by atoms with Crippen LogP contribution >= 0.6 is 0 Å². The Morgan fingerprint density at radius 3 is 2.38 bits per heavy atom. The summed E-state index contributed by atoms with van der Waals surface area (Å²) in [6.45, 7) is 3.85. The summed E-state index contributed by atoms with van der Waals surface area (Å²) in [6.07, 6.45) is 4.66. The molecule has 4 heteroatoms. The monoisotopic (exact) mass is 202 g/mol. The molecule has 0 amide bonds. The smallest absolute Gasteiger partial charge is 0.173 e. The maximum atomic E-state index is 11.3. The number of sulfone groups is 1. The number of hydrogen-bond donors (Lipinski definition) is 0. The predicted octanol–water partition coefficient (Wildman–Crippen LogP) is 0.955. The van der Waals surface area contributed by atoms with Gasteiger partial charge in [0.1, 0.15) is 5.25 Å². The van der Waals surface area contributed by atoms with Crippen LogP contribution in [-0.2, 0) is 14.6 Å². The van der Waals surface area contributed by atoms with Gasteiger partial charge in [0, 0.05) is 6.26 Å². The molecule has 0 aromatic carbocycles. The fourth-order valence-electron chi connectivity index (χ4n) is 1.42. The zero-order valence-electron chi connectivity index (χ0n) is 8.07. The first-order valence-corrected chi connectivity index (χ1v) is 6.10. The molecule has 0 aromatic heterocycles. The topological polar surface area (TPSA) is 51.2 Å². The second-order valence-corrected chi connectivity index (χ2v) is 6.47. The summed E-state index contributed by atoms with van der Waals surface area (Å²) in [5, 5.41) is -0.840. The van der Waals surface area contributed by atoms with Gasteiger partial charge in [-0.25, -0.2) is 8.42 Å². The van der Waals surface area contributed by atoms with Crippen molar-refractivity contribution in [3.05, 3.63) is 12.2 Å². The quantitative estimate of drug-likeness (QED) is 0.636. The minimum absolute atomic E-state index is 0.193. The number of hydrogen-bond acceptors (Lipinski definition) is 3. The lowest BCUT2D eigenvalue weighted by Gasteiger charge is -2.28. The highest BCUT2D eigenvalue weighted by Gasteiger charge is 2.35. The van der Waals surface area contributed by atoms with E-state index in [9.17, 15) is 13.2 Å². The van der Waals surface area contributed by atoms with Crippen LogP contribution < -0.4 is 0 Å². The van der Waals surface area contributed by atoms with E-state index in [2.05, 4.69) is 0 Å². The molecule has 13 heavy (non-hydrogen) atoms. The molecule has 0 aromatic rings. The van der Waals surface area contributed by atoms with Gasteiger partial charge in [-0.05, 0) is 17.9 Å². The van der Waals surface area contributed by atoms with Crippen LogP contribution in [-0.4, -0.2) is 25.7 Å². The molecule has 3 nitrogen and oxygen atoms in total. The summed E-state index contributed by atoms with van der Waals surface area (Å²) < 4.78 is 22.5. The van der Waals surface area contributed by atoms with E-state index < -0.39 is 15.1 Å². The largest absolute Gasteiger partial charge is 0.293 e. The highest BCUT2D eigenvalue weighted by Crippen LogP contribution is 2.31. The maximum Gasteiger partial charge on any atom is 0.173 e. The van der Waals surface area contributed by atoms with Crippen LogP contribution in [0, 0.1) is 5.41 Å². The molecule has 0 aliphatic heterocycles.